The monoisotopic (exact) mass is 151 g/mol. The van der Waals surface area contributed by atoms with Crippen LogP contribution in [-0.4, -0.2) is 19.3 Å². The minimum atomic E-state index is 0. The largest absolute Gasteiger partial charge is 0.380 e. The predicted molar refractivity (Wildman–Crippen MR) is 39.9 cm³/mol. The third kappa shape index (κ3) is 2.12. The zero-order valence-electron chi connectivity index (χ0n) is 5.67. The normalized spacial score (nSPS) is 34.0. The van der Waals surface area contributed by atoms with Crippen LogP contribution in [0.2, 0.25) is 0 Å². The highest BCUT2D eigenvalue weighted by Crippen LogP contribution is 2.18. The number of rotatable bonds is 1. The Morgan fingerprint density at radius 1 is 1.44 bits per heavy atom. The number of nitrogens with two attached hydrogens (primary N) is 1. The molecule has 0 aromatic rings. The van der Waals surface area contributed by atoms with E-state index in [1.165, 1.54) is 6.42 Å². The van der Waals surface area contributed by atoms with Gasteiger partial charge in [-0.3, -0.25) is 0 Å². The molecule has 2 atom stereocenters. The summed E-state index contributed by atoms with van der Waals surface area (Å²) < 4.78 is 5.10. The predicted octanol–water partition coefficient (Wildman–Crippen LogP) is 0.934. The Morgan fingerprint density at radius 3 is 2.33 bits per heavy atom. The van der Waals surface area contributed by atoms with Crippen LogP contribution in [0.3, 0.4) is 0 Å². The average molecular weight is 152 g/mol. The SMILES string of the molecule is CO[C@H]1CCC[C@@H]1N.Cl. The van der Waals surface area contributed by atoms with Crippen LogP contribution in [0.4, 0.5) is 0 Å². The first-order chi connectivity index (χ1) is 3.84. The summed E-state index contributed by atoms with van der Waals surface area (Å²) in [5.41, 5.74) is 5.66. The first-order valence-corrected chi connectivity index (χ1v) is 3.13. The maximum Gasteiger partial charge on any atom is 0.0722 e. The molecular weight excluding hydrogens is 138 g/mol. The van der Waals surface area contributed by atoms with Crippen molar-refractivity contribution in [1.29, 1.82) is 0 Å². The molecule has 0 spiro atoms. The molecule has 0 amide bonds. The molecule has 1 saturated carbocycles. The van der Waals surface area contributed by atoms with Crippen molar-refractivity contribution in [1.82, 2.24) is 0 Å². The molecule has 1 fully saturated rings. The molecule has 3 heteroatoms. The summed E-state index contributed by atoms with van der Waals surface area (Å²) in [6.45, 7) is 0. The molecule has 0 aliphatic heterocycles. The third-order valence-corrected chi connectivity index (χ3v) is 1.81. The lowest BCUT2D eigenvalue weighted by atomic mass is 10.2. The number of hydrogen-bond donors (Lipinski definition) is 1. The van der Waals surface area contributed by atoms with Gasteiger partial charge in [0.05, 0.1) is 6.10 Å². The lowest BCUT2D eigenvalue weighted by Crippen LogP contribution is -2.30. The van der Waals surface area contributed by atoms with Gasteiger partial charge in [-0.05, 0) is 19.3 Å². The van der Waals surface area contributed by atoms with E-state index in [1.54, 1.807) is 7.11 Å². The molecule has 0 saturated heterocycles. The van der Waals surface area contributed by atoms with E-state index in [0.717, 1.165) is 12.8 Å². The van der Waals surface area contributed by atoms with Crippen molar-refractivity contribution in [2.75, 3.05) is 7.11 Å². The molecule has 1 rings (SSSR count). The van der Waals surface area contributed by atoms with Gasteiger partial charge in [-0.2, -0.15) is 0 Å². The zero-order chi connectivity index (χ0) is 5.98. The Morgan fingerprint density at radius 2 is 2.11 bits per heavy atom. The lowest BCUT2D eigenvalue weighted by Gasteiger charge is -2.11. The molecule has 56 valence electrons. The molecule has 0 unspecified atom stereocenters. The van der Waals surface area contributed by atoms with Crippen molar-refractivity contribution < 1.29 is 4.74 Å². The van der Waals surface area contributed by atoms with Gasteiger partial charge in [0, 0.05) is 13.2 Å². The summed E-state index contributed by atoms with van der Waals surface area (Å²) >= 11 is 0. The molecule has 2 N–H and O–H groups in total. The average Bonchev–Trinajstić information content (AvgIpc) is 2.14. The van der Waals surface area contributed by atoms with Crippen LogP contribution in [0.1, 0.15) is 19.3 Å². The van der Waals surface area contributed by atoms with Crippen molar-refractivity contribution in [2.45, 2.75) is 31.4 Å². The van der Waals surface area contributed by atoms with E-state index >= 15 is 0 Å². The maximum absolute atomic E-state index is 5.66. The van der Waals surface area contributed by atoms with Crippen molar-refractivity contribution in [2.24, 2.45) is 5.73 Å². The highest BCUT2D eigenvalue weighted by Gasteiger charge is 2.22. The summed E-state index contributed by atoms with van der Waals surface area (Å²) in [7, 11) is 1.73. The van der Waals surface area contributed by atoms with Crippen LogP contribution in [0, 0.1) is 0 Å². The summed E-state index contributed by atoms with van der Waals surface area (Å²) in [4.78, 5) is 0. The summed E-state index contributed by atoms with van der Waals surface area (Å²) in [5.74, 6) is 0. The van der Waals surface area contributed by atoms with Gasteiger partial charge in [-0.15, -0.1) is 12.4 Å². The Labute approximate surface area is 62.2 Å². The Hall–Kier alpha value is 0.210. The molecule has 1 aliphatic rings. The molecule has 9 heavy (non-hydrogen) atoms. The molecular formula is C6H14ClNO. The van der Waals surface area contributed by atoms with Crippen LogP contribution >= 0.6 is 12.4 Å². The fourth-order valence-electron chi connectivity index (χ4n) is 1.25. The van der Waals surface area contributed by atoms with Crippen LogP contribution in [0.25, 0.3) is 0 Å². The number of ether oxygens (including phenoxy) is 1. The summed E-state index contributed by atoms with van der Waals surface area (Å²) in [6.07, 6.45) is 3.87. The highest BCUT2D eigenvalue weighted by molar-refractivity contribution is 5.85. The molecule has 0 bridgehead atoms. The minimum Gasteiger partial charge on any atom is -0.380 e. The molecule has 0 heterocycles. The van der Waals surface area contributed by atoms with Crippen molar-refractivity contribution in [3.63, 3.8) is 0 Å². The second kappa shape index (κ2) is 4.09. The fraction of sp³-hybridized carbons (Fsp3) is 1.00. The third-order valence-electron chi connectivity index (χ3n) is 1.81. The zero-order valence-corrected chi connectivity index (χ0v) is 6.49. The van der Waals surface area contributed by atoms with Crippen LogP contribution in [0.15, 0.2) is 0 Å². The van der Waals surface area contributed by atoms with Gasteiger partial charge in [0.25, 0.3) is 0 Å². The first-order valence-electron chi connectivity index (χ1n) is 3.13. The molecule has 0 aromatic carbocycles. The second-order valence-electron chi connectivity index (χ2n) is 2.37. The second-order valence-corrected chi connectivity index (χ2v) is 2.37. The minimum absolute atomic E-state index is 0. The van der Waals surface area contributed by atoms with E-state index in [1.807, 2.05) is 0 Å². The van der Waals surface area contributed by atoms with Gasteiger partial charge < -0.3 is 10.5 Å². The van der Waals surface area contributed by atoms with Crippen molar-refractivity contribution in [3.8, 4) is 0 Å². The van der Waals surface area contributed by atoms with Crippen LogP contribution < -0.4 is 5.73 Å². The first kappa shape index (κ1) is 9.21. The summed E-state index contributed by atoms with van der Waals surface area (Å²) in [5, 5.41) is 0. The van der Waals surface area contributed by atoms with E-state index in [0.29, 0.717) is 12.1 Å². The van der Waals surface area contributed by atoms with Crippen LogP contribution in [0.5, 0.6) is 0 Å². The van der Waals surface area contributed by atoms with E-state index < -0.39 is 0 Å². The van der Waals surface area contributed by atoms with Gasteiger partial charge in [-0.1, -0.05) is 0 Å². The highest BCUT2D eigenvalue weighted by atomic mass is 35.5. The Bertz CT molecular complexity index is 79.5. The van der Waals surface area contributed by atoms with Gasteiger partial charge >= 0.3 is 0 Å². The van der Waals surface area contributed by atoms with E-state index in [-0.39, 0.29) is 12.4 Å². The number of halogens is 1. The molecule has 0 radical (unpaired) electrons. The Balaban J connectivity index is 0.000000640. The Kier molecular flexibility index (Phi) is 4.19. The number of methoxy groups -OCH3 is 1. The molecule has 1 aliphatic carbocycles. The summed E-state index contributed by atoms with van der Waals surface area (Å²) in [6, 6.07) is 0.306. The van der Waals surface area contributed by atoms with E-state index in [4.69, 9.17) is 10.5 Å². The fourth-order valence-corrected chi connectivity index (χ4v) is 1.25. The lowest BCUT2D eigenvalue weighted by molar-refractivity contribution is 0.0960. The smallest absolute Gasteiger partial charge is 0.0722 e. The van der Waals surface area contributed by atoms with Gasteiger partial charge in [-0.25, -0.2) is 0 Å². The molecule has 2 nitrogen and oxygen atoms in total. The number of hydrogen-bond acceptors (Lipinski definition) is 2. The quantitative estimate of drug-likeness (QED) is 0.606. The standard InChI is InChI=1S/C6H13NO.ClH/c1-8-6-4-2-3-5(6)7;/h5-6H,2-4,7H2,1H3;1H/t5-,6-;/m0./s1. The van der Waals surface area contributed by atoms with Gasteiger partial charge in [0.1, 0.15) is 0 Å². The topological polar surface area (TPSA) is 35.2 Å². The van der Waals surface area contributed by atoms with E-state index in [2.05, 4.69) is 0 Å². The van der Waals surface area contributed by atoms with Crippen molar-refractivity contribution >= 4 is 12.4 Å². The van der Waals surface area contributed by atoms with Crippen molar-refractivity contribution in [3.05, 3.63) is 0 Å². The van der Waals surface area contributed by atoms with Crippen LogP contribution in [-0.2, 0) is 4.74 Å². The van der Waals surface area contributed by atoms with Gasteiger partial charge in [0.2, 0.25) is 0 Å². The van der Waals surface area contributed by atoms with Gasteiger partial charge in [0.15, 0.2) is 0 Å². The maximum atomic E-state index is 5.66. The molecule has 0 aromatic heterocycles. The van der Waals surface area contributed by atoms with E-state index in [9.17, 15) is 0 Å².